The van der Waals surface area contributed by atoms with Gasteiger partial charge in [0, 0.05) is 18.9 Å². The number of nitrogens with one attached hydrogen (secondary N) is 1. The fraction of sp³-hybridized carbons (Fsp3) is 0.471. The maximum atomic E-state index is 12.0. The normalized spacial score (nSPS) is 21.5. The second-order valence-electron chi connectivity index (χ2n) is 5.71. The van der Waals surface area contributed by atoms with Crippen LogP contribution < -0.4 is 10.1 Å². The molecular weight excluding hydrogens is 266 g/mol. The van der Waals surface area contributed by atoms with Crippen molar-refractivity contribution in [2.75, 3.05) is 13.2 Å². The Bertz CT molecular complexity index is 553. The third-order valence-electron chi connectivity index (χ3n) is 4.21. The van der Waals surface area contributed by atoms with Crippen LogP contribution in [0.4, 0.5) is 0 Å². The second kappa shape index (κ2) is 6.31. The van der Waals surface area contributed by atoms with Crippen LogP contribution in [0, 0.1) is 5.92 Å². The van der Waals surface area contributed by atoms with Crippen molar-refractivity contribution in [2.24, 2.45) is 5.92 Å². The number of allylic oxidation sites excluding steroid dienone is 2. The van der Waals surface area contributed by atoms with Gasteiger partial charge in [-0.1, -0.05) is 18.2 Å². The Labute approximate surface area is 124 Å². The third kappa shape index (κ3) is 3.27. The van der Waals surface area contributed by atoms with Gasteiger partial charge in [-0.15, -0.1) is 0 Å². The summed E-state index contributed by atoms with van der Waals surface area (Å²) in [6, 6.07) is 5.74. The van der Waals surface area contributed by atoms with E-state index in [-0.39, 0.29) is 18.4 Å². The molecule has 112 valence electrons. The molecule has 1 aromatic carbocycles. The average Bonchev–Trinajstić information content (AvgIpc) is 3.00. The molecule has 1 amide bonds. The molecule has 1 aliphatic carbocycles. The minimum atomic E-state index is -0.668. The predicted molar refractivity (Wildman–Crippen MR) is 80.1 cm³/mol. The highest BCUT2D eigenvalue weighted by Crippen LogP contribution is 2.28. The van der Waals surface area contributed by atoms with Crippen molar-refractivity contribution >= 4 is 5.91 Å². The standard InChI is InChI=1S/C17H21NO3/c19-15(11-18-17(20)12-4-2-1-3-5-12)13-6-7-16-14(10-13)8-9-21-16/h1-2,6-7,10,12,15,19H,3-5,8-9,11H2,(H,18,20)/t12-,15+/m0/s1. The molecule has 4 heteroatoms. The molecule has 1 aliphatic heterocycles. The summed E-state index contributed by atoms with van der Waals surface area (Å²) in [6.45, 7) is 0.972. The summed E-state index contributed by atoms with van der Waals surface area (Å²) in [4.78, 5) is 12.0. The van der Waals surface area contributed by atoms with Gasteiger partial charge in [0.15, 0.2) is 0 Å². The molecule has 1 heterocycles. The maximum Gasteiger partial charge on any atom is 0.223 e. The van der Waals surface area contributed by atoms with Gasteiger partial charge < -0.3 is 15.2 Å². The molecule has 0 fully saturated rings. The Kier molecular flexibility index (Phi) is 4.25. The van der Waals surface area contributed by atoms with Gasteiger partial charge in [-0.3, -0.25) is 4.79 Å². The molecule has 0 saturated carbocycles. The van der Waals surface area contributed by atoms with Gasteiger partial charge in [0.2, 0.25) is 5.91 Å². The monoisotopic (exact) mass is 287 g/mol. The molecule has 2 N–H and O–H groups in total. The maximum absolute atomic E-state index is 12.0. The molecule has 0 spiro atoms. The minimum absolute atomic E-state index is 0.0443. The van der Waals surface area contributed by atoms with E-state index in [2.05, 4.69) is 17.5 Å². The molecular formula is C17H21NO3. The van der Waals surface area contributed by atoms with Crippen molar-refractivity contribution in [1.29, 1.82) is 0 Å². The van der Waals surface area contributed by atoms with Crippen LogP contribution in [-0.2, 0) is 11.2 Å². The average molecular weight is 287 g/mol. The Morgan fingerprint density at radius 1 is 1.43 bits per heavy atom. The number of hydrogen-bond acceptors (Lipinski definition) is 3. The van der Waals surface area contributed by atoms with Gasteiger partial charge in [-0.05, 0) is 42.5 Å². The number of carbonyl (C=O) groups excluding carboxylic acids is 1. The van der Waals surface area contributed by atoms with Gasteiger partial charge in [0.25, 0.3) is 0 Å². The highest BCUT2D eigenvalue weighted by atomic mass is 16.5. The minimum Gasteiger partial charge on any atom is -0.493 e. The molecule has 21 heavy (non-hydrogen) atoms. The molecule has 1 aromatic rings. The van der Waals surface area contributed by atoms with Crippen LogP contribution in [0.5, 0.6) is 5.75 Å². The second-order valence-corrected chi connectivity index (χ2v) is 5.71. The first-order valence-electron chi connectivity index (χ1n) is 7.60. The highest BCUT2D eigenvalue weighted by molar-refractivity contribution is 5.79. The smallest absolute Gasteiger partial charge is 0.223 e. The largest absolute Gasteiger partial charge is 0.493 e. The van der Waals surface area contributed by atoms with E-state index in [4.69, 9.17) is 4.74 Å². The number of ether oxygens (including phenoxy) is 1. The number of carbonyl (C=O) groups is 1. The lowest BCUT2D eigenvalue weighted by Crippen LogP contribution is -2.34. The molecule has 0 bridgehead atoms. The molecule has 4 nitrogen and oxygen atoms in total. The van der Waals surface area contributed by atoms with E-state index in [1.807, 2.05) is 18.2 Å². The van der Waals surface area contributed by atoms with Gasteiger partial charge >= 0.3 is 0 Å². The molecule has 2 atom stereocenters. The van der Waals surface area contributed by atoms with Crippen molar-refractivity contribution in [1.82, 2.24) is 5.32 Å². The topological polar surface area (TPSA) is 58.6 Å². The summed E-state index contributed by atoms with van der Waals surface area (Å²) < 4.78 is 5.45. The third-order valence-corrected chi connectivity index (χ3v) is 4.21. The zero-order valence-corrected chi connectivity index (χ0v) is 12.0. The lowest BCUT2D eigenvalue weighted by Gasteiger charge is -2.19. The summed E-state index contributed by atoms with van der Waals surface area (Å²) in [5.41, 5.74) is 1.97. The summed E-state index contributed by atoms with van der Waals surface area (Å²) in [5.74, 6) is 1.00. The van der Waals surface area contributed by atoms with Crippen LogP contribution in [0.3, 0.4) is 0 Å². The number of hydrogen-bond donors (Lipinski definition) is 2. The fourth-order valence-corrected chi connectivity index (χ4v) is 2.90. The van der Waals surface area contributed by atoms with Crippen molar-refractivity contribution in [3.05, 3.63) is 41.5 Å². The molecule has 3 rings (SSSR count). The lowest BCUT2D eigenvalue weighted by molar-refractivity contribution is -0.125. The molecule has 2 aliphatic rings. The Balaban J connectivity index is 1.55. The zero-order valence-electron chi connectivity index (χ0n) is 12.0. The number of aliphatic hydroxyl groups is 1. The number of fused-ring (bicyclic) bond motifs is 1. The summed E-state index contributed by atoms with van der Waals surface area (Å²) in [5, 5.41) is 13.1. The van der Waals surface area contributed by atoms with Crippen LogP contribution in [0.25, 0.3) is 0 Å². The van der Waals surface area contributed by atoms with Crippen LogP contribution >= 0.6 is 0 Å². The van der Waals surface area contributed by atoms with Gasteiger partial charge in [0.1, 0.15) is 5.75 Å². The van der Waals surface area contributed by atoms with Gasteiger partial charge in [-0.2, -0.15) is 0 Å². The van der Waals surface area contributed by atoms with Crippen molar-refractivity contribution in [3.8, 4) is 5.75 Å². The SMILES string of the molecule is O=C(NC[C@@H](O)c1ccc2c(c1)CCO2)[C@H]1CC=CCC1. The van der Waals surface area contributed by atoms with E-state index in [0.29, 0.717) is 6.61 Å². The van der Waals surface area contributed by atoms with Crippen LogP contribution in [0.2, 0.25) is 0 Å². The Hall–Kier alpha value is -1.81. The highest BCUT2D eigenvalue weighted by Gasteiger charge is 2.20. The first kappa shape index (κ1) is 14.1. The first-order chi connectivity index (χ1) is 10.2. The number of aliphatic hydroxyl groups excluding tert-OH is 1. The fourth-order valence-electron chi connectivity index (χ4n) is 2.90. The van der Waals surface area contributed by atoms with Gasteiger partial charge in [-0.25, -0.2) is 0 Å². The molecule has 0 aromatic heterocycles. The quantitative estimate of drug-likeness (QED) is 0.834. The number of benzene rings is 1. The number of rotatable bonds is 4. The predicted octanol–water partition coefficient (Wildman–Crippen LogP) is 2.13. The Morgan fingerprint density at radius 2 is 2.33 bits per heavy atom. The summed E-state index contributed by atoms with van der Waals surface area (Å²) >= 11 is 0. The van der Waals surface area contributed by atoms with E-state index >= 15 is 0 Å². The van der Waals surface area contributed by atoms with E-state index in [1.54, 1.807) is 0 Å². The van der Waals surface area contributed by atoms with E-state index in [0.717, 1.165) is 42.6 Å². The van der Waals surface area contributed by atoms with Crippen LogP contribution in [-0.4, -0.2) is 24.2 Å². The van der Waals surface area contributed by atoms with E-state index in [1.165, 1.54) is 0 Å². The molecule has 0 unspecified atom stereocenters. The lowest BCUT2D eigenvalue weighted by atomic mass is 9.93. The Morgan fingerprint density at radius 3 is 3.14 bits per heavy atom. The van der Waals surface area contributed by atoms with Crippen LogP contribution in [0.1, 0.15) is 36.5 Å². The molecule has 0 saturated heterocycles. The summed E-state index contributed by atoms with van der Waals surface area (Å²) in [6.07, 6.45) is 7.06. The zero-order chi connectivity index (χ0) is 14.7. The van der Waals surface area contributed by atoms with E-state index < -0.39 is 6.10 Å². The first-order valence-corrected chi connectivity index (χ1v) is 7.60. The van der Waals surface area contributed by atoms with Crippen molar-refractivity contribution < 1.29 is 14.6 Å². The van der Waals surface area contributed by atoms with Gasteiger partial charge in [0.05, 0.1) is 12.7 Å². The van der Waals surface area contributed by atoms with E-state index in [9.17, 15) is 9.90 Å². The number of amides is 1. The van der Waals surface area contributed by atoms with Crippen molar-refractivity contribution in [2.45, 2.75) is 31.8 Å². The van der Waals surface area contributed by atoms with Crippen LogP contribution in [0.15, 0.2) is 30.4 Å². The van der Waals surface area contributed by atoms with Crippen molar-refractivity contribution in [3.63, 3.8) is 0 Å². The molecule has 0 radical (unpaired) electrons. The summed E-state index contributed by atoms with van der Waals surface area (Å²) in [7, 11) is 0.